The average molecular weight is 246 g/mol. The maximum absolute atomic E-state index is 11.9. The standard InChI is InChI=1S/C15H22N2O/c1-3-11-8-10(6-5-7-16)9-13-12(4-2)15(18)17-14(11)13/h8-9,12H,3-7,16H2,1-2H3,(H,17,18). The first-order valence-corrected chi connectivity index (χ1v) is 6.87. The van der Waals surface area contributed by atoms with Crippen LogP contribution in [0.15, 0.2) is 12.1 Å². The summed E-state index contributed by atoms with van der Waals surface area (Å²) in [5.41, 5.74) is 10.4. The van der Waals surface area contributed by atoms with E-state index in [9.17, 15) is 4.79 Å². The number of anilines is 1. The van der Waals surface area contributed by atoms with Crippen molar-refractivity contribution in [1.82, 2.24) is 0 Å². The lowest BCUT2D eigenvalue weighted by atomic mass is 9.92. The second-order valence-electron chi connectivity index (χ2n) is 4.92. The van der Waals surface area contributed by atoms with Gasteiger partial charge in [0.1, 0.15) is 0 Å². The minimum Gasteiger partial charge on any atom is -0.330 e. The van der Waals surface area contributed by atoms with Gasteiger partial charge in [-0.3, -0.25) is 4.79 Å². The second-order valence-corrected chi connectivity index (χ2v) is 4.92. The van der Waals surface area contributed by atoms with Crippen molar-refractivity contribution in [2.75, 3.05) is 11.9 Å². The molecule has 0 saturated heterocycles. The summed E-state index contributed by atoms with van der Waals surface area (Å²) in [6.07, 6.45) is 3.82. The Bertz CT molecular complexity index is 454. The van der Waals surface area contributed by atoms with Crippen LogP contribution in [0.3, 0.4) is 0 Å². The van der Waals surface area contributed by atoms with E-state index in [-0.39, 0.29) is 11.8 Å². The molecule has 1 amide bonds. The highest BCUT2D eigenvalue weighted by molar-refractivity contribution is 6.03. The van der Waals surface area contributed by atoms with E-state index in [1.165, 1.54) is 16.7 Å². The van der Waals surface area contributed by atoms with Crippen LogP contribution in [0, 0.1) is 0 Å². The fraction of sp³-hybridized carbons (Fsp3) is 0.533. The third-order valence-electron chi connectivity index (χ3n) is 3.71. The van der Waals surface area contributed by atoms with Crippen LogP contribution in [0.5, 0.6) is 0 Å². The summed E-state index contributed by atoms with van der Waals surface area (Å²) in [5.74, 6) is 0.182. The van der Waals surface area contributed by atoms with Gasteiger partial charge in [-0.05, 0) is 48.9 Å². The number of nitrogens with one attached hydrogen (secondary N) is 1. The molecule has 18 heavy (non-hydrogen) atoms. The van der Waals surface area contributed by atoms with Crippen molar-refractivity contribution in [3.8, 4) is 0 Å². The molecule has 3 N–H and O–H groups in total. The van der Waals surface area contributed by atoms with Crippen molar-refractivity contribution < 1.29 is 4.79 Å². The lowest BCUT2D eigenvalue weighted by Gasteiger charge is -2.11. The van der Waals surface area contributed by atoms with Crippen LogP contribution in [-0.4, -0.2) is 12.5 Å². The number of hydrogen-bond donors (Lipinski definition) is 2. The van der Waals surface area contributed by atoms with Crippen LogP contribution in [0.4, 0.5) is 5.69 Å². The van der Waals surface area contributed by atoms with Crippen LogP contribution in [-0.2, 0) is 17.6 Å². The normalized spacial score (nSPS) is 17.7. The maximum atomic E-state index is 11.9. The van der Waals surface area contributed by atoms with Crippen LogP contribution in [0.2, 0.25) is 0 Å². The molecule has 0 aliphatic carbocycles. The van der Waals surface area contributed by atoms with Crippen molar-refractivity contribution in [2.45, 2.75) is 45.4 Å². The van der Waals surface area contributed by atoms with Crippen molar-refractivity contribution in [2.24, 2.45) is 5.73 Å². The summed E-state index contributed by atoms with van der Waals surface area (Å²) in [7, 11) is 0. The number of carbonyl (C=O) groups is 1. The van der Waals surface area contributed by atoms with Gasteiger partial charge in [-0.15, -0.1) is 0 Å². The molecular weight excluding hydrogens is 224 g/mol. The molecule has 0 fully saturated rings. The molecule has 2 rings (SSSR count). The van der Waals surface area contributed by atoms with Gasteiger partial charge in [0, 0.05) is 5.69 Å². The smallest absolute Gasteiger partial charge is 0.232 e. The first-order chi connectivity index (χ1) is 8.71. The molecule has 0 bridgehead atoms. The van der Waals surface area contributed by atoms with Crippen LogP contribution < -0.4 is 11.1 Å². The van der Waals surface area contributed by atoms with E-state index >= 15 is 0 Å². The summed E-state index contributed by atoms with van der Waals surface area (Å²) in [4.78, 5) is 11.9. The minimum absolute atomic E-state index is 0.0307. The molecule has 98 valence electrons. The monoisotopic (exact) mass is 246 g/mol. The zero-order valence-corrected chi connectivity index (χ0v) is 11.3. The third-order valence-corrected chi connectivity index (χ3v) is 3.71. The van der Waals surface area contributed by atoms with Gasteiger partial charge < -0.3 is 11.1 Å². The lowest BCUT2D eigenvalue weighted by Crippen LogP contribution is -2.10. The van der Waals surface area contributed by atoms with Crippen LogP contribution in [0.1, 0.15) is 49.3 Å². The molecule has 3 nitrogen and oxygen atoms in total. The predicted molar refractivity (Wildman–Crippen MR) is 74.9 cm³/mol. The summed E-state index contributed by atoms with van der Waals surface area (Å²) < 4.78 is 0. The Balaban J connectivity index is 2.40. The molecule has 0 spiro atoms. The SMILES string of the molecule is CCc1cc(CCCN)cc2c1NC(=O)C2CC. The number of hydrogen-bond acceptors (Lipinski definition) is 2. The number of amides is 1. The number of benzene rings is 1. The number of rotatable bonds is 5. The third kappa shape index (κ3) is 2.27. The Morgan fingerprint density at radius 3 is 2.72 bits per heavy atom. The van der Waals surface area contributed by atoms with Gasteiger partial charge in [-0.25, -0.2) is 0 Å². The quantitative estimate of drug-likeness (QED) is 0.839. The molecule has 3 heteroatoms. The lowest BCUT2D eigenvalue weighted by molar-refractivity contribution is -0.117. The first kappa shape index (κ1) is 13.1. The molecule has 0 aromatic heterocycles. The minimum atomic E-state index is 0.0307. The van der Waals surface area contributed by atoms with E-state index in [1.807, 2.05) is 0 Å². The molecular formula is C15H22N2O. The highest BCUT2D eigenvalue weighted by atomic mass is 16.2. The van der Waals surface area contributed by atoms with Gasteiger partial charge in [0.05, 0.1) is 5.92 Å². The molecule has 1 unspecified atom stereocenters. The number of nitrogens with two attached hydrogens (primary N) is 1. The molecule has 1 aliphatic heterocycles. The van der Waals surface area contributed by atoms with Gasteiger partial charge in [0.2, 0.25) is 5.91 Å². The fourth-order valence-corrected chi connectivity index (χ4v) is 2.71. The zero-order valence-electron chi connectivity index (χ0n) is 11.3. The predicted octanol–water partition coefficient (Wildman–Crippen LogP) is 2.59. The Kier molecular flexibility index (Phi) is 4.02. The van der Waals surface area contributed by atoms with Crippen LogP contribution >= 0.6 is 0 Å². The zero-order chi connectivity index (χ0) is 13.1. The van der Waals surface area contributed by atoms with Gasteiger partial charge in [-0.1, -0.05) is 26.0 Å². The molecule has 1 aromatic rings. The molecule has 1 aromatic carbocycles. The van der Waals surface area contributed by atoms with Gasteiger partial charge in [-0.2, -0.15) is 0 Å². The molecule has 1 heterocycles. The topological polar surface area (TPSA) is 55.1 Å². The van der Waals surface area contributed by atoms with E-state index in [4.69, 9.17) is 5.73 Å². The van der Waals surface area contributed by atoms with E-state index in [2.05, 4.69) is 31.3 Å². The summed E-state index contributed by atoms with van der Waals surface area (Å²) >= 11 is 0. The average Bonchev–Trinajstić information content (AvgIpc) is 2.70. The Morgan fingerprint density at radius 2 is 2.11 bits per heavy atom. The highest BCUT2D eigenvalue weighted by Crippen LogP contribution is 2.38. The van der Waals surface area contributed by atoms with E-state index in [0.29, 0.717) is 6.54 Å². The fourth-order valence-electron chi connectivity index (χ4n) is 2.71. The summed E-state index contributed by atoms with van der Waals surface area (Å²) in [6.45, 7) is 4.91. The van der Waals surface area contributed by atoms with Crippen molar-refractivity contribution in [3.05, 3.63) is 28.8 Å². The van der Waals surface area contributed by atoms with E-state index < -0.39 is 0 Å². The molecule has 1 aliphatic rings. The maximum Gasteiger partial charge on any atom is 0.232 e. The van der Waals surface area contributed by atoms with Gasteiger partial charge in [0.25, 0.3) is 0 Å². The van der Waals surface area contributed by atoms with E-state index in [1.54, 1.807) is 0 Å². The Labute approximate surface area is 109 Å². The largest absolute Gasteiger partial charge is 0.330 e. The van der Waals surface area contributed by atoms with E-state index in [0.717, 1.165) is 31.4 Å². The number of aryl methyl sites for hydroxylation is 2. The van der Waals surface area contributed by atoms with Crippen LogP contribution in [0.25, 0.3) is 0 Å². The number of fused-ring (bicyclic) bond motifs is 1. The molecule has 0 saturated carbocycles. The Hall–Kier alpha value is -1.35. The Morgan fingerprint density at radius 1 is 1.33 bits per heavy atom. The number of carbonyl (C=O) groups excluding carboxylic acids is 1. The van der Waals surface area contributed by atoms with Crippen molar-refractivity contribution in [3.63, 3.8) is 0 Å². The summed E-state index contributed by atoms with van der Waals surface area (Å²) in [5, 5.41) is 3.04. The molecule has 0 radical (unpaired) electrons. The van der Waals surface area contributed by atoms with Gasteiger partial charge in [0.15, 0.2) is 0 Å². The first-order valence-electron chi connectivity index (χ1n) is 6.87. The molecule has 1 atom stereocenters. The highest BCUT2D eigenvalue weighted by Gasteiger charge is 2.30. The van der Waals surface area contributed by atoms with Crippen molar-refractivity contribution in [1.29, 1.82) is 0 Å². The van der Waals surface area contributed by atoms with Crippen molar-refractivity contribution >= 4 is 11.6 Å². The summed E-state index contributed by atoms with van der Waals surface area (Å²) in [6, 6.07) is 4.41. The van der Waals surface area contributed by atoms with Gasteiger partial charge >= 0.3 is 0 Å². The second kappa shape index (κ2) is 5.53.